The van der Waals surface area contributed by atoms with Gasteiger partial charge in [0.2, 0.25) is 10.0 Å². The maximum absolute atomic E-state index is 14.2. The van der Waals surface area contributed by atoms with Crippen molar-refractivity contribution in [3.8, 4) is 0 Å². The summed E-state index contributed by atoms with van der Waals surface area (Å²) in [5, 5.41) is 11.1. The third kappa shape index (κ3) is 4.77. The van der Waals surface area contributed by atoms with E-state index < -0.39 is 28.1 Å². The first kappa shape index (κ1) is 24.5. The maximum atomic E-state index is 14.2. The van der Waals surface area contributed by atoms with Gasteiger partial charge in [0.05, 0.1) is 29.2 Å². The first-order valence-corrected chi connectivity index (χ1v) is 13.5. The van der Waals surface area contributed by atoms with Crippen molar-refractivity contribution in [2.45, 2.75) is 69.4 Å². The molecule has 4 rings (SSSR count). The Morgan fingerprint density at radius 2 is 1.68 bits per heavy atom. The predicted molar refractivity (Wildman–Crippen MR) is 131 cm³/mol. The molecule has 6 nitrogen and oxygen atoms in total. The molecule has 2 aromatic rings. The van der Waals surface area contributed by atoms with E-state index >= 15 is 0 Å². The Kier molecular flexibility index (Phi) is 7.43. The minimum Gasteiger partial charge on any atom is -0.512 e. The molecule has 7 heteroatoms. The second-order valence-electron chi connectivity index (χ2n) is 9.20. The lowest BCUT2D eigenvalue weighted by Gasteiger charge is -2.45. The lowest BCUT2D eigenvalue weighted by molar-refractivity contribution is -0.140. The largest absolute Gasteiger partial charge is 0.512 e. The molecule has 1 N–H and O–H groups in total. The van der Waals surface area contributed by atoms with E-state index in [4.69, 9.17) is 4.74 Å². The zero-order chi connectivity index (χ0) is 24.3. The number of sulfonamides is 1. The van der Waals surface area contributed by atoms with Crippen molar-refractivity contribution < 1.29 is 23.1 Å². The van der Waals surface area contributed by atoms with Crippen molar-refractivity contribution >= 4 is 16.0 Å². The van der Waals surface area contributed by atoms with Gasteiger partial charge >= 0.3 is 5.97 Å². The smallest absolute Gasteiger partial charge is 0.339 e. The van der Waals surface area contributed by atoms with Crippen molar-refractivity contribution in [2.24, 2.45) is 5.92 Å². The Morgan fingerprint density at radius 1 is 1.03 bits per heavy atom. The highest BCUT2D eigenvalue weighted by Crippen LogP contribution is 2.46. The summed E-state index contributed by atoms with van der Waals surface area (Å²) in [6.07, 6.45) is 4.62. The number of ether oxygens (including phenoxy) is 1. The normalized spacial score (nSPS) is 22.5. The minimum atomic E-state index is -4.00. The van der Waals surface area contributed by atoms with E-state index in [-0.39, 0.29) is 35.2 Å². The Hall–Kier alpha value is -2.64. The Balaban J connectivity index is 1.93. The number of carbonyl (C=O) groups excluding carboxylic acids is 1. The molecule has 1 aliphatic heterocycles. The standard InChI is InChI=1S/C27H33NO5S/c1-3-33-27(30)25-24(29)18-23(20-10-6-4-7-11-20)28(26(25)21-12-8-5-9-13-21)34(31,32)22-16-14-19(2)15-17-22/h4,6-7,10-11,14-17,21,23,26,29H,3,5,8-9,12-13,18H2,1-2H3/t23-,26-/m0/s1. The van der Waals surface area contributed by atoms with Crippen LogP contribution in [0.4, 0.5) is 0 Å². The lowest BCUT2D eigenvalue weighted by atomic mass is 9.77. The Bertz CT molecular complexity index is 1140. The van der Waals surface area contributed by atoms with Gasteiger partial charge in [0.15, 0.2) is 0 Å². The molecule has 0 amide bonds. The van der Waals surface area contributed by atoms with E-state index in [1.54, 1.807) is 31.2 Å². The number of nitrogens with zero attached hydrogens (tertiary/aromatic N) is 1. The molecule has 2 aromatic carbocycles. The van der Waals surface area contributed by atoms with Crippen LogP contribution in [0, 0.1) is 12.8 Å². The molecule has 1 heterocycles. The lowest BCUT2D eigenvalue weighted by Crippen LogP contribution is -2.52. The fourth-order valence-corrected chi connectivity index (χ4v) is 7.14. The zero-order valence-electron chi connectivity index (χ0n) is 19.8. The molecule has 0 saturated heterocycles. The first-order valence-electron chi connectivity index (χ1n) is 12.1. The first-order chi connectivity index (χ1) is 16.3. The van der Waals surface area contributed by atoms with Gasteiger partial charge in [0, 0.05) is 6.42 Å². The maximum Gasteiger partial charge on any atom is 0.339 e. The minimum absolute atomic E-state index is 0.0203. The summed E-state index contributed by atoms with van der Waals surface area (Å²) in [4.78, 5) is 13.3. The van der Waals surface area contributed by atoms with Gasteiger partial charge < -0.3 is 9.84 Å². The summed E-state index contributed by atoms with van der Waals surface area (Å²) < 4.78 is 35.3. The van der Waals surface area contributed by atoms with Crippen molar-refractivity contribution in [3.05, 3.63) is 77.1 Å². The van der Waals surface area contributed by atoms with Gasteiger partial charge in [0.1, 0.15) is 5.76 Å². The molecule has 1 fully saturated rings. The third-order valence-corrected chi connectivity index (χ3v) is 8.85. The predicted octanol–water partition coefficient (Wildman–Crippen LogP) is 5.45. The molecular weight excluding hydrogens is 450 g/mol. The van der Waals surface area contributed by atoms with Crippen LogP contribution >= 0.6 is 0 Å². The number of aliphatic hydroxyl groups is 1. The molecule has 2 aliphatic rings. The number of hydrogen-bond donors (Lipinski definition) is 1. The molecule has 182 valence electrons. The van der Waals surface area contributed by atoms with Gasteiger partial charge in [-0.1, -0.05) is 67.3 Å². The van der Waals surface area contributed by atoms with Crippen molar-refractivity contribution in [1.29, 1.82) is 0 Å². The van der Waals surface area contributed by atoms with E-state index in [2.05, 4.69) is 0 Å². The van der Waals surface area contributed by atoms with E-state index in [1.165, 1.54) is 4.31 Å². The van der Waals surface area contributed by atoms with E-state index in [9.17, 15) is 18.3 Å². The third-order valence-electron chi connectivity index (χ3n) is 6.95. The second kappa shape index (κ2) is 10.3. The fourth-order valence-electron chi connectivity index (χ4n) is 5.30. The van der Waals surface area contributed by atoms with E-state index in [0.717, 1.165) is 43.2 Å². The molecule has 0 unspecified atom stereocenters. The molecule has 0 bridgehead atoms. The van der Waals surface area contributed by atoms with Gasteiger partial charge in [0.25, 0.3) is 0 Å². The molecule has 1 saturated carbocycles. The molecule has 2 atom stereocenters. The fraction of sp³-hybridized carbons (Fsp3) is 0.444. The topological polar surface area (TPSA) is 83.9 Å². The quantitative estimate of drug-likeness (QED) is 0.552. The Morgan fingerprint density at radius 3 is 2.29 bits per heavy atom. The van der Waals surface area contributed by atoms with Crippen molar-refractivity contribution in [2.75, 3.05) is 6.61 Å². The van der Waals surface area contributed by atoms with Crippen molar-refractivity contribution in [3.63, 3.8) is 0 Å². The number of aliphatic hydroxyl groups excluding tert-OH is 1. The highest BCUT2D eigenvalue weighted by atomic mass is 32.2. The van der Waals surface area contributed by atoms with Crippen molar-refractivity contribution in [1.82, 2.24) is 4.31 Å². The van der Waals surface area contributed by atoms with Gasteiger partial charge in [-0.15, -0.1) is 0 Å². The zero-order valence-corrected chi connectivity index (χ0v) is 20.6. The van der Waals surface area contributed by atoms with Gasteiger partial charge in [-0.25, -0.2) is 13.2 Å². The van der Waals surface area contributed by atoms with Gasteiger partial charge in [-0.2, -0.15) is 4.31 Å². The van der Waals surface area contributed by atoms with Crippen LogP contribution in [-0.4, -0.2) is 36.4 Å². The summed E-state index contributed by atoms with van der Waals surface area (Å²) in [5.41, 5.74) is 1.84. The molecule has 34 heavy (non-hydrogen) atoms. The van der Waals surface area contributed by atoms with Crippen LogP contribution in [0.5, 0.6) is 0 Å². The summed E-state index contributed by atoms with van der Waals surface area (Å²) in [5.74, 6) is -0.786. The average molecular weight is 484 g/mol. The molecule has 0 aromatic heterocycles. The number of benzene rings is 2. The van der Waals surface area contributed by atoms with Crippen LogP contribution in [0.2, 0.25) is 0 Å². The molecule has 1 aliphatic carbocycles. The van der Waals surface area contributed by atoms with Crippen LogP contribution < -0.4 is 0 Å². The van der Waals surface area contributed by atoms with Gasteiger partial charge in [-0.05, 0) is 50.3 Å². The summed E-state index contributed by atoms with van der Waals surface area (Å²) in [7, 11) is -4.00. The average Bonchev–Trinajstić information content (AvgIpc) is 2.84. The summed E-state index contributed by atoms with van der Waals surface area (Å²) in [6, 6.07) is 14.7. The van der Waals surface area contributed by atoms with E-state index in [1.807, 2.05) is 37.3 Å². The molecular formula is C27H33NO5S. The molecule has 0 radical (unpaired) electrons. The monoisotopic (exact) mass is 483 g/mol. The number of esters is 1. The van der Waals surface area contributed by atoms with Gasteiger partial charge in [-0.3, -0.25) is 0 Å². The summed E-state index contributed by atoms with van der Waals surface area (Å²) >= 11 is 0. The van der Waals surface area contributed by atoms with Crippen LogP contribution in [0.15, 0.2) is 70.8 Å². The highest BCUT2D eigenvalue weighted by molar-refractivity contribution is 7.89. The van der Waals surface area contributed by atoms with Crippen LogP contribution in [0.25, 0.3) is 0 Å². The van der Waals surface area contributed by atoms with Crippen LogP contribution in [0.1, 0.15) is 62.6 Å². The summed E-state index contributed by atoms with van der Waals surface area (Å²) in [6.45, 7) is 3.77. The second-order valence-corrected chi connectivity index (χ2v) is 11.0. The van der Waals surface area contributed by atoms with Crippen LogP contribution in [-0.2, 0) is 19.6 Å². The van der Waals surface area contributed by atoms with E-state index in [0.29, 0.717) is 0 Å². The number of hydrogen-bond acceptors (Lipinski definition) is 5. The number of aryl methyl sites for hydroxylation is 1. The highest BCUT2D eigenvalue weighted by Gasteiger charge is 2.49. The SMILES string of the molecule is CCOC(=O)C1=C(O)C[C@@H](c2ccccc2)N(S(=O)(=O)c2ccc(C)cc2)[C@H]1C1CCCCC1. The van der Waals surface area contributed by atoms with Crippen LogP contribution in [0.3, 0.4) is 0 Å². The Labute approximate surface area is 202 Å². The number of rotatable bonds is 6. The number of carbonyl (C=O) groups is 1. The molecule has 0 spiro atoms.